The highest BCUT2D eigenvalue weighted by Gasteiger charge is 2.28. The van der Waals surface area contributed by atoms with Gasteiger partial charge in [-0.2, -0.15) is 0 Å². The number of halogens is 3. The van der Waals surface area contributed by atoms with Crippen LogP contribution in [0.1, 0.15) is 32.1 Å². The lowest BCUT2D eigenvalue weighted by Crippen LogP contribution is -2.38. The summed E-state index contributed by atoms with van der Waals surface area (Å²) in [5, 5.41) is 2.53. The molecule has 1 aromatic carbocycles. The molecule has 1 aliphatic carbocycles. The fourth-order valence-corrected chi connectivity index (χ4v) is 3.05. The van der Waals surface area contributed by atoms with Crippen LogP contribution in [0.15, 0.2) is 16.6 Å². The maximum Gasteiger partial charge on any atom is 0.229 e. The molecule has 20 heavy (non-hydrogen) atoms. The van der Waals surface area contributed by atoms with Crippen LogP contribution < -0.4 is 11.1 Å². The number of nitrogens with two attached hydrogens (primary N) is 1. The molecule has 1 fully saturated rings. The SMILES string of the molecule is NC1CCCCCC1C(=O)Nc1c(F)cc(F)cc1Br. The number of amides is 1. The Bertz CT molecular complexity index is 487. The van der Waals surface area contributed by atoms with Gasteiger partial charge in [0.15, 0.2) is 5.82 Å². The summed E-state index contributed by atoms with van der Waals surface area (Å²) in [6.45, 7) is 0. The van der Waals surface area contributed by atoms with Crippen LogP contribution in [-0.2, 0) is 4.79 Å². The van der Waals surface area contributed by atoms with Gasteiger partial charge in [0, 0.05) is 16.6 Å². The Balaban J connectivity index is 2.15. The smallest absolute Gasteiger partial charge is 0.229 e. The lowest BCUT2D eigenvalue weighted by Gasteiger charge is -2.21. The maximum absolute atomic E-state index is 13.7. The van der Waals surface area contributed by atoms with Gasteiger partial charge in [-0.15, -0.1) is 0 Å². The van der Waals surface area contributed by atoms with Gasteiger partial charge in [-0.3, -0.25) is 4.79 Å². The molecule has 0 aromatic heterocycles. The number of carbonyl (C=O) groups excluding carboxylic acids is 1. The van der Waals surface area contributed by atoms with E-state index in [-0.39, 0.29) is 28.0 Å². The second kappa shape index (κ2) is 6.63. The summed E-state index contributed by atoms with van der Waals surface area (Å²) in [6, 6.07) is 1.65. The van der Waals surface area contributed by atoms with E-state index in [0.29, 0.717) is 6.42 Å². The van der Waals surface area contributed by atoms with Crippen molar-refractivity contribution in [3.05, 3.63) is 28.2 Å². The molecule has 3 nitrogen and oxygen atoms in total. The summed E-state index contributed by atoms with van der Waals surface area (Å²) in [5.41, 5.74) is 5.97. The lowest BCUT2D eigenvalue weighted by molar-refractivity contribution is -0.120. The number of anilines is 1. The molecular weight excluding hydrogens is 330 g/mol. The van der Waals surface area contributed by atoms with Crippen LogP contribution in [0, 0.1) is 17.6 Å². The van der Waals surface area contributed by atoms with Crippen LogP contribution in [0.2, 0.25) is 0 Å². The number of hydrogen-bond acceptors (Lipinski definition) is 2. The molecule has 110 valence electrons. The molecule has 2 rings (SSSR count). The molecule has 0 bridgehead atoms. The molecule has 0 saturated heterocycles. The number of nitrogens with one attached hydrogen (secondary N) is 1. The van der Waals surface area contributed by atoms with Crippen molar-refractivity contribution in [3.8, 4) is 0 Å². The van der Waals surface area contributed by atoms with Crippen LogP contribution in [0.3, 0.4) is 0 Å². The third-order valence-corrected chi connectivity index (χ3v) is 4.29. The summed E-state index contributed by atoms with van der Waals surface area (Å²) in [5.74, 6) is -2.12. The number of hydrogen-bond donors (Lipinski definition) is 2. The molecular formula is C14H17BrF2N2O. The highest BCUT2D eigenvalue weighted by Crippen LogP contribution is 2.29. The summed E-state index contributed by atoms with van der Waals surface area (Å²) >= 11 is 3.06. The topological polar surface area (TPSA) is 55.1 Å². The molecule has 1 aliphatic rings. The Morgan fingerprint density at radius 2 is 1.95 bits per heavy atom. The minimum Gasteiger partial charge on any atom is -0.327 e. The number of carbonyl (C=O) groups is 1. The van der Waals surface area contributed by atoms with Crippen LogP contribution in [0.25, 0.3) is 0 Å². The summed E-state index contributed by atoms with van der Waals surface area (Å²) in [6.07, 6.45) is 4.52. The molecule has 1 aromatic rings. The van der Waals surface area contributed by atoms with Gasteiger partial charge in [-0.1, -0.05) is 19.3 Å². The minimum atomic E-state index is -0.799. The first kappa shape index (κ1) is 15.4. The van der Waals surface area contributed by atoms with Gasteiger partial charge in [0.1, 0.15) is 5.82 Å². The molecule has 1 saturated carbocycles. The fraction of sp³-hybridized carbons (Fsp3) is 0.500. The molecule has 1 amide bonds. The average molecular weight is 347 g/mol. The van der Waals surface area contributed by atoms with Gasteiger partial charge >= 0.3 is 0 Å². The Morgan fingerprint density at radius 1 is 1.25 bits per heavy atom. The fourth-order valence-electron chi connectivity index (χ4n) is 2.54. The standard InChI is InChI=1S/C14H17BrF2N2O/c15-10-6-8(16)7-11(17)13(10)19-14(20)9-4-2-1-3-5-12(9)18/h6-7,9,12H,1-5,18H2,(H,19,20). The minimum absolute atomic E-state index is 0.0344. The molecule has 3 N–H and O–H groups in total. The van der Waals surface area contributed by atoms with Crippen molar-refractivity contribution in [2.24, 2.45) is 11.7 Å². The first-order valence-electron chi connectivity index (χ1n) is 6.70. The Labute approximate surface area is 125 Å². The monoisotopic (exact) mass is 346 g/mol. The van der Waals surface area contributed by atoms with Gasteiger partial charge in [0.25, 0.3) is 0 Å². The Hall–Kier alpha value is -1.01. The molecule has 0 heterocycles. The van der Waals surface area contributed by atoms with E-state index in [9.17, 15) is 13.6 Å². The van der Waals surface area contributed by atoms with Crippen LogP contribution >= 0.6 is 15.9 Å². The largest absolute Gasteiger partial charge is 0.327 e. The van der Waals surface area contributed by atoms with E-state index < -0.39 is 11.6 Å². The second-order valence-electron chi connectivity index (χ2n) is 5.14. The van der Waals surface area contributed by atoms with Crippen LogP contribution in [-0.4, -0.2) is 11.9 Å². The van der Waals surface area contributed by atoms with E-state index in [1.807, 2.05) is 0 Å². The van der Waals surface area contributed by atoms with Crippen molar-refractivity contribution >= 4 is 27.5 Å². The van der Waals surface area contributed by atoms with Crippen LogP contribution in [0.5, 0.6) is 0 Å². The van der Waals surface area contributed by atoms with Gasteiger partial charge in [-0.05, 0) is 34.8 Å². The predicted octanol–water partition coefficient (Wildman–Crippen LogP) is 3.57. The van der Waals surface area contributed by atoms with Gasteiger partial charge in [-0.25, -0.2) is 8.78 Å². The zero-order valence-corrected chi connectivity index (χ0v) is 12.6. The van der Waals surface area contributed by atoms with Crippen molar-refractivity contribution < 1.29 is 13.6 Å². The zero-order chi connectivity index (χ0) is 14.7. The van der Waals surface area contributed by atoms with Crippen molar-refractivity contribution in [1.29, 1.82) is 0 Å². The normalized spacial score (nSPS) is 23.2. The zero-order valence-electron chi connectivity index (χ0n) is 11.0. The first-order chi connectivity index (χ1) is 9.49. The second-order valence-corrected chi connectivity index (χ2v) is 6.00. The van der Waals surface area contributed by atoms with E-state index in [1.165, 1.54) is 0 Å². The Morgan fingerprint density at radius 3 is 2.65 bits per heavy atom. The summed E-state index contributed by atoms with van der Waals surface area (Å²) in [7, 11) is 0. The molecule has 0 spiro atoms. The van der Waals surface area contributed by atoms with E-state index >= 15 is 0 Å². The average Bonchev–Trinajstić information content (AvgIpc) is 2.58. The molecule has 0 aliphatic heterocycles. The van der Waals surface area contributed by atoms with E-state index in [2.05, 4.69) is 21.2 Å². The van der Waals surface area contributed by atoms with Crippen molar-refractivity contribution in [2.75, 3.05) is 5.32 Å². The van der Waals surface area contributed by atoms with Gasteiger partial charge in [0.05, 0.1) is 11.6 Å². The van der Waals surface area contributed by atoms with Crippen molar-refractivity contribution in [1.82, 2.24) is 0 Å². The summed E-state index contributed by atoms with van der Waals surface area (Å²) < 4.78 is 26.9. The van der Waals surface area contributed by atoms with Gasteiger partial charge in [0.2, 0.25) is 5.91 Å². The molecule has 2 atom stereocenters. The summed E-state index contributed by atoms with van der Waals surface area (Å²) in [4.78, 5) is 12.2. The van der Waals surface area contributed by atoms with Crippen molar-refractivity contribution in [2.45, 2.75) is 38.1 Å². The number of rotatable bonds is 2. The third-order valence-electron chi connectivity index (χ3n) is 3.66. The molecule has 0 radical (unpaired) electrons. The first-order valence-corrected chi connectivity index (χ1v) is 7.49. The van der Waals surface area contributed by atoms with Gasteiger partial charge < -0.3 is 11.1 Å². The highest BCUT2D eigenvalue weighted by molar-refractivity contribution is 9.10. The third kappa shape index (κ3) is 3.55. The van der Waals surface area contributed by atoms with E-state index in [1.54, 1.807) is 0 Å². The van der Waals surface area contributed by atoms with Crippen LogP contribution in [0.4, 0.5) is 14.5 Å². The predicted molar refractivity (Wildman–Crippen MR) is 77.2 cm³/mol. The quantitative estimate of drug-likeness (QED) is 0.804. The Kier molecular flexibility index (Phi) is 5.10. The van der Waals surface area contributed by atoms with E-state index in [0.717, 1.165) is 37.8 Å². The highest BCUT2D eigenvalue weighted by atomic mass is 79.9. The molecule has 6 heteroatoms. The lowest BCUT2D eigenvalue weighted by atomic mass is 9.94. The number of benzene rings is 1. The maximum atomic E-state index is 13.7. The molecule has 2 unspecified atom stereocenters. The van der Waals surface area contributed by atoms with E-state index in [4.69, 9.17) is 5.73 Å². The van der Waals surface area contributed by atoms with Crippen molar-refractivity contribution in [3.63, 3.8) is 0 Å².